The summed E-state index contributed by atoms with van der Waals surface area (Å²) in [5.41, 5.74) is 13.5. The van der Waals surface area contributed by atoms with E-state index in [1.165, 1.54) is 119 Å². The van der Waals surface area contributed by atoms with E-state index in [0.29, 0.717) is 94.3 Å². The fourth-order valence-electron chi connectivity index (χ4n) is 17.6. The normalized spacial score (nSPS) is 17.3. The number of aldehydes is 2. The van der Waals surface area contributed by atoms with E-state index in [0.717, 1.165) is 165 Å². The summed E-state index contributed by atoms with van der Waals surface area (Å²) >= 11 is 0. The van der Waals surface area contributed by atoms with Crippen LogP contribution in [0.3, 0.4) is 0 Å². The zero-order valence-corrected chi connectivity index (χ0v) is 82.9. The van der Waals surface area contributed by atoms with E-state index in [1.54, 1.807) is 38.1 Å². The average molecular weight is 1900 g/mol. The number of benzene rings is 6. The number of methoxy groups -OCH3 is 6. The number of hydrogen-bond acceptors (Lipinski definition) is 25. The van der Waals surface area contributed by atoms with Crippen molar-refractivity contribution in [2.45, 2.75) is 273 Å². The topological polar surface area (TPSA) is 411 Å². The van der Waals surface area contributed by atoms with Crippen LogP contribution in [-0.4, -0.2) is 137 Å². The van der Waals surface area contributed by atoms with E-state index < -0.39 is 62.4 Å². The highest BCUT2D eigenvalue weighted by Crippen LogP contribution is 2.53. The van der Waals surface area contributed by atoms with Crippen LogP contribution < -0.4 is 5.73 Å². The predicted octanol–water partition coefficient (Wildman–Crippen LogP) is 21.8. The summed E-state index contributed by atoms with van der Waals surface area (Å²) in [4.78, 5) is 144. The van der Waals surface area contributed by atoms with Gasteiger partial charge in [-0.2, -0.15) is 0 Å². The van der Waals surface area contributed by atoms with E-state index >= 15 is 0 Å². The van der Waals surface area contributed by atoms with Crippen LogP contribution in [0, 0.1) is 84.3 Å². The minimum atomic E-state index is -3.15. The molecule has 0 spiro atoms. The van der Waals surface area contributed by atoms with Crippen LogP contribution in [0.15, 0.2) is 152 Å². The van der Waals surface area contributed by atoms with Gasteiger partial charge in [0.15, 0.2) is 5.41 Å². The van der Waals surface area contributed by atoms with Crippen molar-refractivity contribution in [3.63, 3.8) is 0 Å². The molecule has 0 aromatic heterocycles. The standard InChI is InChI=1S/C16H22O.C15H21NO.C15H20O2.C14H15NO4.C14H18O2.C11H16NO5P.C8H12O4.2C7H10O3/c1-3-15(17)16(10-4-11-16)12-9-14-7-5-13(2)6-8-14;1-2-14(17)15(9-3-10-15)11-8-12-4-6-13(16)7-5-12;1-12-4-6-13(7-5-12)8-11-15(9-3-10-15)14(16)17-2;1-19-13(16)14(8-2-9-14)10-7-11-3-5-12(6-4-11)15(17)18;1-11-3-5-12(6-4-11)7-10-14(13(15)16)8-2-9-14;1-3-16-18(15,17-4-2)9-10-5-7-11(8-6-10)12(13)14;1-11-6(9)8(4-3-5-8)7(10)12-2;2*1-10-6(9)7(5-8)3-2-4-7/h5-8H,3-4,9-12H2,1-2H3;4-7H,2-3,8-11,16H2,1H3;4-7H,3,8-11H2,1-2H3;3-7,10H,2,8-9H2,1H3;3-6H,2,7-10H2,1H3,(H,15,16);5-8H,3-4,9H2,1-2H3;3-5H2,1-2H3;2*5H,2-4H2,1H3/b;;;10-7+;;;;;. The van der Waals surface area contributed by atoms with Crippen molar-refractivity contribution >= 4 is 96.7 Å². The molecule has 8 saturated carbocycles. The monoisotopic (exact) mass is 1900 g/mol. The van der Waals surface area contributed by atoms with Gasteiger partial charge in [0.05, 0.1) is 88.1 Å². The SMILES string of the molecule is CCC(=O)C1(CCc2ccc(C)cc2)CCC1.CCC(=O)C1(CCc2ccc(N)cc2)CCC1.CCOP(=O)(Cc1ccc([N+](=O)[O-])cc1)OCC.COC(=O)C1(/C=C/c2ccc([N+](=O)[O-])cc2)CCC1.COC(=O)C1(C(=O)OC)CCC1.COC(=O)C1(C=O)CCC1.COC(=O)C1(C=O)CCC1.COC(=O)C1(CCc2ccc(C)cc2)CCC1.Cc1ccc(CCC2(C(=O)O)CCC2)cc1. The molecule has 742 valence electrons. The number of ether oxygens (including phenoxy) is 6. The lowest BCUT2D eigenvalue weighted by Gasteiger charge is -2.40. The number of carboxylic acids is 1. The Kier molecular flexibility index (Phi) is 45.6. The van der Waals surface area contributed by atoms with Crippen LogP contribution in [0.2, 0.25) is 0 Å². The van der Waals surface area contributed by atoms with Crippen molar-refractivity contribution in [2.75, 3.05) is 61.6 Å². The van der Waals surface area contributed by atoms with E-state index in [9.17, 15) is 82.6 Å². The second kappa shape index (κ2) is 54.7. The number of aliphatic carboxylic acids is 1. The molecule has 0 radical (unpaired) electrons. The van der Waals surface area contributed by atoms with Gasteiger partial charge < -0.3 is 57.9 Å². The molecule has 0 aliphatic heterocycles. The number of esters is 6. The Morgan fingerprint density at radius 2 is 0.654 bits per heavy atom. The van der Waals surface area contributed by atoms with Crippen LogP contribution in [0.4, 0.5) is 17.1 Å². The predicted molar refractivity (Wildman–Crippen MR) is 520 cm³/mol. The molecule has 0 unspecified atom stereocenters. The summed E-state index contributed by atoms with van der Waals surface area (Å²) in [5.74, 6) is -1.60. The molecule has 8 fully saturated rings. The van der Waals surface area contributed by atoms with Gasteiger partial charge >= 0.3 is 49.4 Å². The summed E-state index contributed by atoms with van der Waals surface area (Å²) in [6.45, 7) is 14.3. The lowest BCUT2D eigenvalue weighted by atomic mass is 9.62. The first-order valence-corrected chi connectivity index (χ1v) is 49.4. The number of non-ortho nitro benzene ring substituents is 2. The van der Waals surface area contributed by atoms with Crippen LogP contribution in [0.1, 0.15) is 270 Å². The molecule has 8 aliphatic rings. The van der Waals surface area contributed by atoms with Crippen LogP contribution in [-0.2, 0) is 127 Å². The third-order valence-corrected chi connectivity index (χ3v) is 30.3. The largest absolute Gasteiger partial charge is 0.481 e. The van der Waals surface area contributed by atoms with Crippen LogP contribution >= 0.6 is 7.60 Å². The van der Waals surface area contributed by atoms with Crippen molar-refractivity contribution in [3.05, 3.63) is 222 Å². The highest BCUT2D eigenvalue weighted by Gasteiger charge is 2.54. The molecule has 6 aromatic rings. The van der Waals surface area contributed by atoms with Crippen LogP contribution in [0.5, 0.6) is 0 Å². The van der Waals surface area contributed by atoms with Crippen molar-refractivity contribution in [2.24, 2.45) is 43.3 Å². The summed E-state index contributed by atoms with van der Waals surface area (Å²) in [6.07, 6.45) is 36.1. The number of carbonyl (C=O) groups is 11. The third kappa shape index (κ3) is 31.7. The summed E-state index contributed by atoms with van der Waals surface area (Å²) in [5, 5.41) is 30.2. The molecule has 28 nitrogen and oxygen atoms in total. The van der Waals surface area contributed by atoms with Gasteiger partial charge in [-0.1, -0.05) is 185 Å². The smallest absolute Gasteiger partial charge is 0.335 e. The molecular weight excluding hydrogens is 1760 g/mol. The summed E-state index contributed by atoms with van der Waals surface area (Å²) in [7, 11) is 4.92. The Bertz CT molecular complexity index is 4700. The van der Waals surface area contributed by atoms with Crippen molar-refractivity contribution in [3.8, 4) is 0 Å². The number of carbonyl (C=O) groups excluding carboxylic acids is 10. The maximum atomic E-state index is 12.2. The molecule has 136 heavy (non-hydrogen) atoms. The molecule has 0 heterocycles. The Hall–Kier alpha value is -11.2. The second-order valence-corrected chi connectivity index (χ2v) is 39.0. The fourth-order valence-corrected chi connectivity index (χ4v) is 19.3. The van der Waals surface area contributed by atoms with Gasteiger partial charge in [-0.05, 0) is 253 Å². The minimum absolute atomic E-state index is 0.00130. The molecule has 0 bridgehead atoms. The summed E-state index contributed by atoms with van der Waals surface area (Å²) < 4.78 is 50.3. The van der Waals surface area contributed by atoms with E-state index in [-0.39, 0.29) is 57.7 Å². The lowest BCUT2D eigenvalue weighted by molar-refractivity contribution is -0.385. The van der Waals surface area contributed by atoms with Gasteiger partial charge in [0, 0.05) is 53.6 Å². The van der Waals surface area contributed by atoms with Gasteiger partial charge in [0.25, 0.3) is 11.4 Å². The van der Waals surface area contributed by atoms with Crippen molar-refractivity contribution in [1.29, 1.82) is 0 Å². The first-order valence-electron chi connectivity index (χ1n) is 47.7. The zero-order chi connectivity index (χ0) is 100. The number of nitrogens with zero attached hydrogens (tertiary/aromatic N) is 2. The molecule has 3 N–H and O–H groups in total. The number of nitro benzene ring substituents is 2. The molecular formula is C107H144N3O25P. The third-order valence-electron chi connectivity index (χ3n) is 28.2. The number of hydrogen-bond donors (Lipinski definition) is 2. The van der Waals surface area contributed by atoms with E-state index in [4.69, 9.17) is 24.3 Å². The Balaban J connectivity index is 0.000000237. The average Bonchev–Trinajstić information content (AvgIpc) is 0.786. The molecule has 6 aromatic carbocycles. The van der Waals surface area contributed by atoms with Crippen molar-refractivity contribution < 1.29 is 110 Å². The highest BCUT2D eigenvalue weighted by molar-refractivity contribution is 7.53. The van der Waals surface area contributed by atoms with Crippen molar-refractivity contribution in [1.82, 2.24) is 0 Å². The number of ketones is 2. The van der Waals surface area contributed by atoms with Gasteiger partial charge in [0.2, 0.25) is 0 Å². The first-order chi connectivity index (χ1) is 64.8. The number of carboxylic acid groups (broad SMARTS) is 1. The first kappa shape index (κ1) is 114. The number of rotatable bonds is 35. The molecule has 14 rings (SSSR count). The van der Waals surface area contributed by atoms with Gasteiger partial charge in [-0.15, -0.1) is 0 Å². The maximum Gasteiger partial charge on any atom is 0.335 e. The molecule has 0 atom stereocenters. The quantitative estimate of drug-likeness (QED) is 0.00545. The molecule has 0 saturated heterocycles. The molecule has 8 aliphatic carbocycles. The number of Topliss-reactive ketones (excluding diaryl/α,β-unsaturated/α-hetero) is 2. The maximum absolute atomic E-state index is 12.2. The number of anilines is 1. The highest BCUT2D eigenvalue weighted by atomic mass is 31.2. The summed E-state index contributed by atoms with van der Waals surface area (Å²) in [6, 6.07) is 45.7. The Morgan fingerprint density at radius 1 is 0.375 bits per heavy atom. The second-order valence-electron chi connectivity index (χ2n) is 37.0. The zero-order valence-electron chi connectivity index (χ0n) is 82.0. The van der Waals surface area contributed by atoms with E-state index in [2.05, 4.69) is 125 Å². The Morgan fingerprint density at radius 3 is 0.897 bits per heavy atom. The van der Waals surface area contributed by atoms with Gasteiger partial charge in [-0.25, -0.2) is 0 Å². The van der Waals surface area contributed by atoms with E-state index in [1.807, 2.05) is 38.1 Å². The Labute approximate surface area is 802 Å². The number of nitrogens with two attached hydrogens (primary N) is 1. The van der Waals surface area contributed by atoms with Gasteiger partial charge in [-0.3, -0.25) is 67.9 Å². The van der Waals surface area contributed by atoms with Crippen LogP contribution in [0.25, 0.3) is 6.08 Å². The fraction of sp³-hybridized carbons (Fsp3) is 0.542. The molecule has 0 amide bonds. The lowest BCUT2D eigenvalue weighted by Crippen LogP contribution is -2.46. The van der Waals surface area contributed by atoms with Gasteiger partial charge in [0.1, 0.15) is 35.0 Å². The minimum Gasteiger partial charge on any atom is -0.481 e. The number of nitro groups is 2. The molecule has 29 heteroatoms. The number of aryl methyl sites for hydroxylation is 7. The number of nitrogen functional groups attached to an aromatic ring is 1.